The zero-order chi connectivity index (χ0) is 24.3. The van der Waals surface area contributed by atoms with E-state index in [-0.39, 0.29) is 18.4 Å². The Bertz CT molecular complexity index is 1080. The first-order valence-corrected chi connectivity index (χ1v) is 12.4. The van der Waals surface area contributed by atoms with Crippen LogP contribution in [0.5, 0.6) is 0 Å². The number of carbonyl (C=O) groups excluding carboxylic acids is 2. The van der Waals surface area contributed by atoms with Gasteiger partial charge in [-0.15, -0.1) is 0 Å². The minimum absolute atomic E-state index is 0.0132. The Morgan fingerprint density at radius 2 is 1.68 bits per heavy atom. The van der Waals surface area contributed by atoms with Crippen LogP contribution in [0.2, 0.25) is 5.02 Å². The summed E-state index contributed by atoms with van der Waals surface area (Å²) in [6.07, 6.45) is 5.21. The lowest BCUT2D eigenvalue weighted by molar-refractivity contribution is -0.134. The van der Waals surface area contributed by atoms with Gasteiger partial charge in [-0.25, -0.2) is 4.68 Å². The van der Waals surface area contributed by atoms with Gasteiger partial charge < -0.3 is 10.2 Å². The highest BCUT2D eigenvalue weighted by Gasteiger charge is 2.19. The van der Waals surface area contributed by atoms with Gasteiger partial charge in [-0.2, -0.15) is 5.10 Å². The summed E-state index contributed by atoms with van der Waals surface area (Å²) in [5, 5.41) is 8.20. The quantitative estimate of drug-likeness (QED) is 0.307. The van der Waals surface area contributed by atoms with Crippen LogP contribution in [0.15, 0.2) is 60.7 Å². The van der Waals surface area contributed by atoms with Crippen molar-refractivity contribution in [2.45, 2.75) is 52.4 Å². The molecule has 0 saturated heterocycles. The van der Waals surface area contributed by atoms with E-state index in [1.165, 1.54) is 0 Å². The number of unbranched alkanes of at least 4 members (excludes halogenated alkanes) is 3. The number of nitrogens with zero attached hydrogens (tertiary/aromatic N) is 3. The standard InChI is InChI=1S/C27H33ClN4O2/c1-3-5-8-17-27(34)31(18-6-4-2)20-26(33)29-25-19-23(21-13-9-7-10-14-21)30-32(25)24-16-12-11-15-22(24)28/h7,9-16,19H,3-6,8,17-18,20H2,1-2H3,(H,29,33). The van der Waals surface area contributed by atoms with Crippen molar-refractivity contribution in [1.29, 1.82) is 0 Å². The molecule has 1 aromatic heterocycles. The molecular weight excluding hydrogens is 448 g/mol. The lowest BCUT2D eigenvalue weighted by Gasteiger charge is -2.22. The number of benzene rings is 2. The van der Waals surface area contributed by atoms with Crippen molar-refractivity contribution in [2.24, 2.45) is 0 Å². The number of amides is 2. The number of hydrogen-bond donors (Lipinski definition) is 1. The van der Waals surface area contributed by atoms with Crippen molar-refractivity contribution < 1.29 is 9.59 Å². The van der Waals surface area contributed by atoms with Crippen LogP contribution in [0.1, 0.15) is 52.4 Å². The molecule has 2 aromatic carbocycles. The molecule has 0 atom stereocenters. The molecule has 3 aromatic rings. The predicted octanol–water partition coefficient (Wildman–Crippen LogP) is 6.34. The third kappa shape index (κ3) is 6.94. The summed E-state index contributed by atoms with van der Waals surface area (Å²) in [6, 6.07) is 18.9. The summed E-state index contributed by atoms with van der Waals surface area (Å²) in [4.78, 5) is 27.5. The molecule has 7 heteroatoms. The van der Waals surface area contributed by atoms with Gasteiger partial charge in [-0.1, -0.05) is 87.2 Å². The number of aromatic nitrogens is 2. The lowest BCUT2D eigenvalue weighted by Crippen LogP contribution is -2.38. The number of rotatable bonds is 12. The van der Waals surface area contributed by atoms with Crippen LogP contribution in [0.3, 0.4) is 0 Å². The van der Waals surface area contributed by atoms with Gasteiger partial charge in [-0.05, 0) is 25.0 Å². The van der Waals surface area contributed by atoms with Gasteiger partial charge in [0.2, 0.25) is 11.8 Å². The van der Waals surface area contributed by atoms with Crippen molar-refractivity contribution in [1.82, 2.24) is 14.7 Å². The highest BCUT2D eigenvalue weighted by Crippen LogP contribution is 2.28. The van der Waals surface area contributed by atoms with E-state index in [1.807, 2.05) is 54.6 Å². The van der Waals surface area contributed by atoms with Crippen LogP contribution in [0.4, 0.5) is 5.82 Å². The molecule has 1 heterocycles. The zero-order valence-corrected chi connectivity index (χ0v) is 20.7. The van der Waals surface area contributed by atoms with Gasteiger partial charge in [0.1, 0.15) is 5.82 Å². The summed E-state index contributed by atoms with van der Waals surface area (Å²) in [5.41, 5.74) is 2.31. The fourth-order valence-electron chi connectivity index (χ4n) is 3.71. The van der Waals surface area contributed by atoms with Crippen molar-refractivity contribution >= 4 is 29.2 Å². The van der Waals surface area contributed by atoms with E-state index < -0.39 is 0 Å². The van der Waals surface area contributed by atoms with E-state index in [0.717, 1.165) is 37.7 Å². The molecule has 34 heavy (non-hydrogen) atoms. The van der Waals surface area contributed by atoms with Gasteiger partial charge in [0.25, 0.3) is 0 Å². The van der Waals surface area contributed by atoms with Crippen molar-refractivity contribution in [3.05, 3.63) is 65.7 Å². The van der Waals surface area contributed by atoms with Crippen LogP contribution in [0, 0.1) is 0 Å². The van der Waals surface area contributed by atoms with Crippen LogP contribution in [0.25, 0.3) is 16.9 Å². The molecule has 0 radical (unpaired) electrons. The maximum absolute atomic E-state index is 13.1. The summed E-state index contributed by atoms with van der Waals surface area (Å²) in [7, 11) is 0. The molecule has 3 rings (SSSR count). The summed E-state index contributed by atoms with van der Waals surface area (Å²) < 4.78 is 1.64. The molecule has 0 aliphatic heterocycles. The van der Waals surface area contributed by atoms with Crippen molar-refractivity contribution in [3.63, 3.8) is 0 Å². The number of halogens is 1. The number of anilines is 1. The van der Waals surface area contributed by atoms with E-state index in [9.17, 15) is 9.59 Å². The largest absolute Gasteiger partial charge is 0.333 e. The molecule has 2 amide bonds. The first-order valence-electron chi connectivity index (χ1n) is 12.0. The highest BCUT2D eigenvalue weighted by atomic mass is 35.5. The average Bonchev–Trinajstić information content (AvgIpc) is 3.26. The Hall–Kier alpha value is -3.12. The predicted molar refractivity (Wildman–Crippen MR) is 138 cm³/mol. The van der Waals surface area contributed by atoms with Crippen LogP contribution >= 0.6 is 11.6 Å². The van der Waals surface area contributed by atoms with E-state index in [4.69, 9.17) is 16.7 Å². The number of nitrogens with one attached hydrogen (secondary N) is 1. The Kier molecular flexibility index (Phi) is 9.71. The molecule has 180 valence electrons. The molecule has 0 spiro atoms. The van der Waals surface area contributed by atoms with Gasteiger partial charge in [0.05, 0.1) is 22.9 Å². The van der Waals surface area contributed by atoms with Crippen LogP contribution in [-0.4, -0.2) is 39.6 Å². The van der Waals surface area contributed by atoms with Crippen LogP contribution in [-0.2, 0) is 9.59 Å². The fourth-order valence-corrected chi connectivity index (χ4v) is 3.92. The van der Waals surface area contributed by atoms with Gasteiger partial charge in [-0.3, -0.25) is 9.59 Å². The molecule has 1 N–H and O–H groups in total. The van der Waals surface area contributed by atoms with Crippen LogP contribution < -0.4 is 5.32 Å². The second-order valence-corrected chi connectivity index (χ2v) is 8.73. The summed E-state index contributed by atoms with van der Waals surface area (Å²) in [5.74, 6) is 0.278. The smallest absolute Gasteiger partial charge is 0.245 e. The molecule has 0 unspecified atom stereocenters. The lowest BCUT2D eigenvalue weighted by atomic mass is 10.1. The monoisotopic (exact) mass is 480 g/mol. The van der Waals surface area contributed by atoms with E-state index in [2.05, 4.69) is 19.2 Å². The fraction of sp³-hybridized carbons (Fsp3) is 0.370. The zero-order valence-electron chi connectivity index (χ0n) is 20.0. The van der Waals surface area contributed by atoms with E-state index >= 15 is 0 Å². The topological polar surface area (TPSA) is 67.2 Å². The Morgan fingerprint density at radius 3 is 2.38 bits per heavy atom. The third-order valence-corrected chi connectivity index (χ3v) is 5.91. The molecule has 0 aliphatic rings. The van der Waals surface area contributed by atoms with E-state index in [1.54, 1.807) is 15.6 Å². The van der Waals surface area contributed by atoms with E-state index in [0.29, 0.717) is 35.2 Å². The van der Waals surface area contributed by atoms with Gasteiger partial charge in [0, 0.05) is 24.6 Å². The maximum atomic E-state index is 13.1. The highest BCUT2D eigenvalue weighted by molar-refractivity contribution is 6.32. The minimum Gasteiger partial charge on any atom is -0.333 e. The minimum atomic E-state index is -0.257. The normalized spacial score (nSPS) is 10.8. The second kappa shape index (κ2) is 12.9. The number of carbonyl (C=O) groups is 2. The Morgan fingerprint density at radius 1 is 0.971 bits per heavy atom. The first-order chi connectivity index (χ1) is 16.5. The Balaban J connectivity index is 1.83. The third-order valence-electron chi connectivity index (χ3n) is 5.59. The molecule has 0 fully saturated rings. The summed E-state index contributed by atoms with van der Waals surface area (Å²) in [6.45, 7) is 4.78. The van der Waals surface area contributed by atoms with Gasteiger partial charge >= 0.3 is 0 Å². The van der Waals surface area contributed by atoms with Crippen molar-refractivity contribution in [2.75, 3.05) is 18.4 Å². The molecule has 6 nitrogen and oxygen atoms in total. The summed E-state index contributed by atoms with van der Waals surface area (Å²) >= 11 is 6.44. The number of hydrogen-bond acceptors (Lipinski definition) is 3. The molecule has 0 bridgehead atoms. The number of para-hydroxylation sites is 1. The van der Waals surface area contributed by atoms with Gasteiger partial charge in [0.15, 0.2) is 0 Å². The average molecular weight is 481 g/mol. The first kappa shape index (κ1) is 25.5. The SMILES string of the molecule is CCCCCC(=O)N(CCCC)CC(=O)Nc1cc(-c2ccccc2)nn1-c1ccccc1Cl. The maximum Gasteiger partial charge on any atom is 0.245 e. The van der Waals surface area contributed by atoms with Crippen molar-refractivity contribution in [3.8, 4) is 16.9 Å². The molecule has 0 saturated carbocycles. The molecule has 0 aliphatic carbocycles. The Labute approximate surface area is 206 Å². The molecular formula is C27H33ClN4O2. The second-order valence-electron chi connectivity index (χ2n) is 8.32.